The van der Waals surface area contributed by atoms with Crippen molar-refractivity contribution in [2.24, 2.45) is 0 Å². The molecule has 0 bridgehead atoms. The first-order valence-corrected chi connectivity index (χ1v) is 10.3. The molecular weight excluding hydrogens is 360 g/mol. The van der Waals surface area contributed by atoms with E-state index in [0.29, 0.717) is 24.7 Å². The van der Waals surface area contributed by atoms with Gasteiger partial charge in [0.1, 0.15) is 0 Å². The van der Waals surface area contributed by atoms with Gasteiger partial charge in [0, 0.05) is 34.6 Å². The number of esters is 1. The Labute approximate surface area is 165 Å². The minimum atomic E-state index is -0.402. The number of hydrogen-bond acceptors (Lipinski definition) is 7. The number of ether oxygens (including phenoxy) is 1. The Hall–Kier alpha value is -2.02. The van der Waals surface area contributed by atoms with Crippen molar-refractivity contribution in [1.29, 1.82) is 0 Å². The second kappa shape index (κ2) is 7.19. The first-order valence-electron chi connectivity index (χ1n) is 9.48. The molecule has 1 aliphatic carbocycles. The van der Waals surface area contributed by atoms with Gasteiger partial charge in [-0.2, -0.15) is 0 Å². The number of carbonyl (C=O) groups excluding carboxylic acids is 1. The second-order valence-corrected chi connectivity index (χ2v) is 9.16. The summed E-state index contributed by atoms with van der Waals surface area (Å²) >= 11 is 1.73. The van der Waals surface area contributed by atoms with E-state index in [2.05, 4.69) is 44.6 Å². The summed E-state index contributed by atoms with van der Waals surface area (Å²) in [6, 6.07) is 0. The quantitative estimate of drug-likeness (QED) is 0.696. The molecule has 2 aromatic heterocycles. The van der Waals surface area contributed by atoms with Gasteiger partial charge in [-0.15, -0.1) is 11.3 Å². The standard InChI is InChI=1S/C20H28N4O2S/c1-7-24(17-21-11-13(12-22-17)16(25)26-8-2)18-23-14-15(27-18)20(5,6)10-9-19(14,3)4/h11-12H,7-10H2,1-6H3. The fourth-order valence-corrected chi connectivity index (χ4v) is 4.78. The van der Waals surface area contributed by atoms with E-state index >= 15 is 0 Å². The Morgan fingerprint density at radius 1 is 1.15 bits per heavy atom. The molecule has 27 heavy (non-hydrogen) atoms. The zero-order valence-corrected chi connectivity index (χ0v) is 17.8. The summed E-state index contributed by atoms with van der Waals surface area (Å²) < 4.78 is 5.00. The monoisotopic (exact) mass is 388 g/mol. The average Bonchev–Trinajstić information content (AvgIpc) is 3.08. The summed E-state index contributed by atoms with van der Waals surface area (Å²) in [6.07, 6.45) is 5.33. The van der Waals surface area contributed by atoms with Crippen LogP contribution in [0, 0.1) is 0 Å². The third kappa shape index (κ3) is 3.70. The predicted octanol–water partition coefficient (Wildman–Crippen LogP) is 4.62. The summed E-state index contributed by atoms with van der Waals surface area (Å²) in [5.41, 5.74) is 1.76. The first-order chi connectivity index (χ1) is 12.7. The number of fused-ring (bicyclic) bond motifs is 1. The van der Waals surface area contributed by atoms with E-state index < -0.39 is 5.97 Å². The van der Waals surface area contributed by atoms with Gasteiger partial charge in [0.2, 0.25) is 5.95 Å². The molecule has 146 valence electrons. The van der Waals surface area contributed by atoms with Gasteiger partial charge in [-0.05, 0) is 26.7 Å². The van der Waals surface area contributed by atoms with E-state index in [1.807, 2.05) is 4.90 Å². The molecule has 0 fully saturated rings. The smallest absolute Gasteiger partial charge is 0.341 e. The minimum Gasteiger partial charge on any atom is -0.462 e. The summed E-state index contributed by atoms with van der Waals surface area (Å²) in [6.45, 7) is 14.0. The van der Waals surface area contributed by atoms with Crippen LogP contribution in [0.3, 0.4) is 0 Å². The molecule has 0 aromatic carbocycles. The van der Waals surface area contributed by atoms with Crippen molar-refractivity contribution in [3.8, 4) is 0 Å². The van der Waals surface area contributed by atoms with Crippen LogP contribution < -0.4 is 4.90 Å². The summed E-state index contributed by atoms with van der Waals surface area (Å²) in [5.74, 6) is 0.146. The Bertz CT molecular complexity index is 794. The number of carbonyl (C=O) groups is 1. The zero-order valence-electron chi connectivity index (χ0n) is 17.0. The van der Waals surface area contributed by atoms with Gasteiger partial charge < -0.3 is 4.74 Å². The predicted molar refractivity (Wildman–Crippen MR) is 108 cm³/mol. The van der Waals surface area contributed by atoms with Gasteiger partial charge in [-0.1, -0.05) is 27.7 Å². The van der Waals surface area contributed by atoms with Gasteiger partial charge in [-0.3, -0.25) is 4.90 Å². The molecule has 0 saturated heterocycles. The highest BCUT2D eigenvalue weighted by Crippen LogP contribution is 2.49. The van der Waals surface area contributed by atoms with Crippen LogP contribution in [-0.4, -0.2) is 34.1 Å². The van der Waals surface area contributed by atoms with Crippen molar-refractivity contribution in [1.82, 2.24) is 15.0 Å². The molecule has 1 aliphatic rings. The molecule has 0 atom stereocenters. The third-order valence-electron chi connectivity index (χ3n) is 5.18. The van der Waals surface area contributed by atoms with Crippen LogP contribution in [0.25, 0.3) is 0 Å². The van der Waals surface area contributed by atoms with Crippen LogP contribution in [0.2, 0.25) is 0 Å². The number of rotatable bonds is 5. The minimum absolute atomic E-state index is 0.0770. The van der Waals surface area contributed by atoms with E-state index in [1.165, 1.54) is 23.0 Å². The Kier molecular flexibility index (Phi) is 5.25. The number of aromatic nitrogens is 3. The lowest BCUT2D eigenvalue weighted by Crippen LogP contribution is -2.32. The second-order valence-electron chi connectivity index (χ2n) is 8.18. The zero-order chi connectivity index (χ0) is 19.8. The van der Waals surface area contributed by atoms with Crippen LogP contribution in [0.5, 0.6) is 0 Å². The van der Waals surface area contributed by atoms with E-state index in [4.69, 9.17) is 9.72 Å². The topological polar surface area (TPSA) is 68.2 Å². The van der Waals surface area contributed by atoms with E-state index in [-0.39, 0.29) is 10.8 Å². The molecule has 0 saturated carbocycles. The molecule has 7 heteroatoms. The number of anilines is 2. The van der Waals surface area contributed by atoms with Gasteiger partial charge in [0.25, 0.3) is 0 Å². The molecule has 6 nitrogen and oxygen atoms in total. The number of thiazole rings is 1. The van der Waals surface area contributed by atoms with Crippen LogP contribution in [0.1, 0.15) is 75.3 Å². The Morgan fingerprint density at radius 2 is 1.78 bits per heavy atom. The summed E-state index contributed by atoms with van der Waals surface area (Å²) in [5, 5.41) is 0.912. The highest BCUT2D eigenvalue weighted by Gasteiger charge is 2.41. The largest absolute Gasteiger partial charge is 0.462 e. The summed E-state index contributed by atoms with van der Waals surface area (Å²) in [7, 11) is 0. The molecule has 0 N–H and O–H groups in total. The van der Waals surface area contributed by atoms with Gasteiger partial charge in [0.05, 0.1) is 17.9 Å². The van der Waals surface area contributed by atoms with Crippen LogP contribution >= 0.6 is 11.3 Å². The maximum atomic E-state index is 11.8. The molecule has 0 spiro atoms. The third-order valence-corrected chi connectivity index (χ3v) is 6.63. The molecule has 0 radical (unpaired) electrons. The SMILES string of the molecule is CCOC(=O)c1cnc(N(CC)c2nc3c(s2)C(C)(C)CCC3(C)C)nc1. The van der Waals surface area contributed by atoms with Crippen LogP contribution in [0.15, 0.2) is 12.4 Å². The molecule has 3 rings (SSSR count). The van der Waals surface area contributed by atoms with Crippen molar-refractivity contribution >= 4 is 28.4 Å². The normalized spacial score (nSPS) is 17.3. The molecule has 0 unspecified atom stereocenters. The van der Waals surface area contributed by atoms with Crippen LogP contribution in [-0.2, 0) is 15.6 Å². The van der Waals surface area contributed by atoms with E-state index in [1.54, 1.807) is 18.3 Å². The molecule has 0 amide bonds. The van der Waals surface area contributed by atoms with Gasteiger partial charge in [0.15, 0.2) is 5.13 Å². The lowest BCUT2D eigenvalue weighted by molar-refractivity contribution is 0.0525. The maximum absolute atomic E-state index is 11.8. The lowest BCUT2D eigenvalue weighted by atomic mass is 9.69. The number of hydrogen-bond donors (Lipinski definition) is 0. The van der Waals surface area contributed by atoms with Crippen molar-refractivity contribution in [2.75, 3.05) is 18.1 Å². The molecule has 2 heterocycles. The molecule has 2 aromatic rings. The first kappa shape index (κ1) is 19.7. The fourth-order valence-electron chi connectivity index (χ4n) is 3.34. The highest BCUT2D eigenvalue weighted by molar-refractivity contribution is 7.16. The van der Waals surface area contributed by atoms with Gasteiger partial charge >= 0.3 is 5.97 Å². The van der Waals surface area contributed by atoms with Crippen LogP contribution in [0.4, 0.5) is 11.1 Å². The fraction of sp³-hybridized carbons (Fsp3) is 0.600. The van der Waals surface area contributed by atoms with Gasteiger partial charge in [-0.25, -0.2) is 19.7 Å². The molecule has 0 aliphatic heterocycles. The average molecular weight is 389 g/mol. The van der Waals surface area contributed by atoms with E-state index in [9.17, 15) is 4.79 Å². The van der Waals surface area contributed by atoms with Crippen molar-refractivity contribution in [2.45, 2.75) is 65.2 Å². The van der Waals surface area contributed by atoms with Crippen molar-refractivity contribution in [3.63, 3.8) is 0 Å². The van der Waals surface area contributed by atoms with Crippen molar-refractivity contribution in [3.05, 3.63) is 28.5 Å². The van der Waals surface area contributed by atoms with E-state index in [0.717, 1.165) is 18.0 Å². The Morgan fingerprint density at radius 3 is 2.33 bits per heavy atom. The molecular formula is C20H28N4O2S. The summed E-state index contributed by atoms with van der Waals surface area (Å²) in [4.78, 5) is 29.0. The Balaban J connectivity index is 1.95. The number of nitrogens with zero attached hydrogens (tertiary/aromatic N) is 4. The lowest BCUT2D eigenvalue weighted by Gasteiger charge is -2.37. The maximum Gasteiger partial charge on any atom is 0.341 e. The van der Waals surface area contributed by atoms with Crippen molar-refractivity contribution < 1.29 is 9.53 Å². The highest BCUT2D eigenvalue weighted by atomic mass is 32.1.